The molecule has 1 atom stereocenters. The average Bonchev–Trinajstić information content (AvgIpc) is 2.29. The molecule has 0 radical (unpaired) electrons. The van der Waals surface area contributed by atoms with Crippen LogP contribution in [-0.4, -0.2) is 18.5 Å². The summed E-state index contributed by atoms with van der Waals surface area (Å²) in [6.07, 6.45) is 1.78. The number of carbonyl (C=O) groups excluding carboxylic acids is 1. The van der Waals surface area contributed by atoms with Gasteiger partial charge in [-0.1, -0.05) is 37.3 Å². The van der Waals surface area contributed by atoms with Gasteiger partial charge in [-0.15, -0.1) is 12.4 Å². The van der Waals surface area contributed by atoms with Gasteiger partial charge >= 0.3 is 0 Å². The van der Waals surface area contributed by atoms with Crippen molar-refractivity contribution in [3.05, 3.63) is 35.9 Å². The highest BCUT2D eigenvalue weighted by molar-refractivity contribution is 5.85. The van der Waals surface area contributed by atoms with Gasteiger partial charge in [-0.05, 0) is 18.4 Å². The molecule has 0 aliphatic carbocycles. The molecule has 1 rings (SSSR count). The molecule has 90 valence electrons. The van der Waals surface area contributed by atoms with Crippen molar-refractivity contribution in [3.63, 3.8) is 0 Å². The van der Waals surface area contributed by atoms with Crippen LogP contribution in [0, 0.1) is 0 Å². The van der Waals surface area contributed by atoms with Crippen molar-refractivity contribution in [1.29, 1.82) is 0 Å². The summed E-state index contributed by atoms with van der Waals surface area (Å²) < 4.78 is 0. The molecule has 0 aliphatic rings. The molecule has 0 heterocycles. The van der Waals surface area contributed by atoms with E-state index in [1.54, 1.807) is 0 Å². The molecule has 0 fully saturated rings. The van der Waals surface area contributed by atoms with Crippen LogP contribution in [0.4, 0.5) is 0 Å². The summed E-state index contributed by atoms with van der Waals surface area (Å²) in [5.74, 6) is -0.0854. The van der Waals surface area contributed by atoms with Crippen LogP contribution in [0.25, 0.3) is 0 Å². The van der Waals surface area contributed by atoms with Crippen LogP contribution in [-0.2, 0) is 11.2 Å². The molecule has 1 aromatic rings. The van der Waals surface area contributed by atoms with E-state index in [0.717, 1.165) is 12.8 Å². The second-order valence-corrected chi connectivity index (χ2v) is 3.57. The van der Waals surface area contributed by atoms with Crippen LogP contribution in [0.3, 0.4) is 0 Å². The number of nitrogens with two attached hydrogens (primary N) is 1. The van der Waals surface area contributed by atoms with E-state index >= 15 is 0 Å². The predicted octanol–water partition coefficient (Wildman–Crippen LogP) is 1.50. The largest absolute Gasteiger partial charge is 0.352 e. The van der Waals surface area contributed by atoms with Crippen molar-refractivity contribution in [1.82, 2.24) is 5.32 Å². The van der Waals surface area contributed by atoms with Crippen LogP contribution < -0.4 is 11.1 Å². The minimum atomic E-state index is -0.0854. The lowest BCUT2D eigenvalue weighted by Gasteiger charge is -2.16. The van der Waals surface area contributed by atoms with Gasteiger partial charge in [0.1, 0.15) is 0 Å². The summed E-state index contributed by atoms with van der Waals surface area (Å²) in [5, 5.41) is 2.90. The fourth-order valence-corrected chi connectivity index (χ4v) is 1.48. The Morgan fingerprint density at radius 3 is 2.50 bits per heavy atom. The molecule has 0 saturated heterocycles. The van der Waals surface area contributed by atoms with Crippen molar-refractivity contribution in [2.75, 3.05) is 6.54 Å². The number of hydrogen-bond donors (Lipinski definition) is 2. The minimum Gasteiger partial charge on any atom is -0.352 e. The van der Waals surface area contributed by atoms with E-state index in [1.807, 2.05) is 18.2 Å². The average molecular weight is 243 g/mol. The second kappa shape index (κ2) is 8.13. The van der Waals surface area contributed by atoms with E-state index < -0.39 is 0 Å². The van der Waals surface area contributed by atoms with E-state index in [2.05, 4.69) is 24.4 Å². The molecule has 3 N–H and O–H groups in total. The smallest absolute Gasteiger partial charge is 0.233 e. The van der Waals surface area contributed by atoms with Gasteiger partial charge in [0.15, 0.2) is 0 Å². The molecule has 0 bridgehead atoms. The molecular weight excluding hydrogens is 224 g/mol. The van der Waals surface area contributed by atoms with Gasteiger partial charge in [-0.2, -0.15) is 0 Å². The zero-order chi connectivity index (χ0) is 11.1. The maximum absolute atomic E-state index is 11.1. The Kier molecular flexibility index (Phi) is 7.60. The SMILES string of the molecule is CCC(Cc1ccccc1)NC(=O)CN.Cl. The third-order valence-electron chi connectivity index (χ3n) is 2.37. The van der Waals surface area contributed by atoms with E-state index in [-0.39, 0.29) is 30.9 Å². The van der Waals surface area contributed by atoms with Crippen molar-refractivity contribution in [2.45, 2.75) is 25.8 Å². The van der Waals surface area contributed by atoms with Gasteiger partial charge in [0.25, 0.3) is 0 Å². The Bertz CT molecular complexity index is 303. The molecule has 1 aromatic carbocycles. The first kappa shape index (κ1) is 14.9. The van der Waals surface area contributed by atoms with Gasteiger partial charge in [0.2, 0.25) is 5.91 Å². The monoisotopic (exact) mass is 242 g/mol. The number of rotatable bonds is 5. The molecule has 0 spiro atoms. The summed E-state index contributed by atoms with van der Waals surface area (Å²) in [6.45, 7) is 2.12. The number of halogens is 1. The van der Waals surface area contributed by atoms with E-state index in [9.17, 15) is 4.79 Å². The number of benzene rings is 1. The van der Waals surface area contributed by atoms with Gasteiger partial charge < -0.3 is 11.1 Å². The highest BCUT2D eigenvalue weighted by Crippen LogP contribution is 2.05. The Morgan fingerprint density at radius 2 is 2.00 bits per heavy atom. The molecule has 16 heavy (non-hydrogen) atoms. The lowest BCUT2D eigenvalue weighted by atomic mass is 10.0. The van der Waals surface area contributed by atoms with E-state index in [1.165, 1.54) is 5.56 Å². The Hall–Kier alpha value is -1.06. The Balaban J connectivity index is 0.00000225. The lowest BCUT2D eigenvalue weighted by Crippen LogP contribution is -2.39. The Morgan fingerprint density at radius 1 is 1.38 bits per heavy atom. The van der Waals surface area contributed by atoms with Gasteiger partial charge in [-0.25, -0.2) is 0 Å². The first-order valence-corrected chi connectivity index (χ1v) is 5.29. The van der Waals surface area contributed by atoms with Gasteiger partial charge in [0.05, 0.1) is 6.54 Å². The van der Waals surface area contributed by atoms with Crippen LogP contribution in [0.2, 0.25) is 0 Å². The third-order valence-corrected chi connectivity index (χ3v) is 2.37. The van der Waals surface area contributed by atoms with Crippen molar-refractivity contribution < 1.29 is 4.79 Å². The third kappa shape index (κ3) is 5.14. The highest BCUT2D eigenvalue weighted by atomic mass is 35.5. The molecule has 1 unspecified atom stereocenters. The van der Waals surface area contributed by atoms with Gasteiger partial charge in [-0.3, -0.25) is 4.79 Å². The summed E-state index contributed by atoms with van der Waals surface area (Å²) in [6, 6.07) is 10.3. The summed E-state index contributed by atoms with van der Waals surface area (Å²) in [7, 11) is 0. The normalized spacial score (nSPS) is 11.4. The number of carbonyl (C=O) groups is 1. The standard InChI is InChI=1S/C12H18N2O.ClH/c1-2-11(14-12(15)9-13)8-10-6-4-3-5-7-10;/h3-7,11H,2,8-9,13H2,1H3,(H,14,15);1H. The molecule has 1 amide bonds. The predicted molar refractivity (Wildman–Crippen MR) is 68.7 cm³/mol. The highest BCUT2D eigenvalue weighted by Gasteiger charge is 2.09. The fourth-order valence-electron chi connectivity index (χ4n) is 1.48. The van der Waals surface area contributed by atoms with Gasteiger partial charge in [0, 0.05) is 6.04 Å². The van der Waals surface area contributed by atoms with Crippen LogP contribution in [0.5, 0.6) is 0 Å². The number of amides is 1. The van der Waals surface area contributed by atoms with Crippen molar-refractivity contribution >= 4 is 18.3 Å². The minimum absolute atomic E-state index is 0. The topological polar surface area (TPSA) is 55.1 Å². The van der Waals surface area contributed by atoms with Crippen molar-refractivity contribution in [2.24, 2.45) is 5.73 Å². The molecular formula is C12H19ClN2O. The molecule has 0 aliphatic heterocycles. The molecule has 3 nitrogen and oxygen atoms in total. The van der Waals surface area contributed by atoms with E-state index in [0.29, 0.717) is 0 Å². The maximum Gasteiger partial charge on any atom is 0.233 e. The zero-order valence-electron chi connectivity index (χ0n) is 9.48. The Labute approximate surface area is 103 Å². The number of hydrogen-bond acceptors (Lipinski definition) is 2. The lowest BCUT2D eigenvalue weighted by molar-refractivity contribution is -0.120. The first-order valence-electron chi connectivity index (χ1n) is 5.29. The molecule has 4 heteroatoms. The van der Waals surface area contributed by atoms with Crippen LogP contribution >= 0.6 is 12.4 Å². The summed E-state index contributed by atoms with van der Waals surface area (Å²) >= 11 is 0. The van der Waals surface area contributed by atoms with Crippen LogP contribution in [0.1, 0.15) is 18.9 Å². The molecule has 0 aromatic heterocycles. The second-order valence-electron chi connectivity index (χ2n) is 3.57. The maximum atomic E-state index is 11.1. The zero-order valence-corrected chi connectivity index (χ0v) is 10.3. The quantitative estimate of drug-likeness (QED) is 0.822. The van der Waals surface area contributed by atoms with E-state index in [4.69, 9.17) is 5.73 Å². The number of nitrogens with one attached hydrogen (secondary N) is 1. The van der Waals surface area contributed by atoms with Crippen LogP contribution in [0.15, 0.2) is 30.3 Å². The summed E-state index contributed by atoms with van der Waals surface area (Å²) in [5.41, 5.74) is 6.49. The summed E-state index contributed by atoms with van der Waals surface area (Å²) in [4.78, 5) is 11.1. The van der Waals surface area contributed by atoms with Crippen molar-refractivity contribution in [3.8, 4) is 0 Å². The first-order chi connectivity index (χ1) is 7.26. The fraction of sp³-hybridized carbons (Fsp3) is 0.417. The molecule has 0 saturated carbocycles.